The highest BCUT2D eigenvalue weighted by Gasteiger charge is 2.14. The third kappa shape index (κ3) is 11.4. The number of hydrogen-bond acceptors (Lipinski definition) is 8. The minimum Gasteiger partial charge on any atom is -0.337 e. The molecule has 1 rings (SSSR count). The van der Waals surface area contributed by atoms with Crippen molar-refractivity contribution in [3.63, 3.8) is 0 Å². The summed E-state index contributed by atoms with van der Waals surface area (Å²) in [6.45, 7) is 5.34. The lowest BCUT2D eigenvalue weighted by molar-refractivity contribution is -0.388. The number of carbonyl (C=O) groups excluding carboxylic acids is 2. The van der Waals surface area contributed by atoms with Crippen molar-refractivity contribution < 1.29 is 14.5 Å². The van der Waals surface area contributed by atoms with Crippen molar-refractivity contribution in [2.45, 2.75) is 50.6 Å². The molecule has 11 heteroatoms. The Kier molecular flexibility index (Phi) is 13.1. The van der Waals surface area contributed by atoms with Crippen molar-refractivity contribution >= 4 is 39.1 Å². The summed E-state index contributed by atoms with van der Waals surface area (Å²) in [5.41, 5.74) is 0.0540. The molecule has 0 saturated heterocycles. The van der Waals surface area contributed by atoms with Gasteiger partial charge in [0.1, 0.15) is 0 Å². The summed E-state index contributed by atoms with van der Waals surface area (Å²) in [6.07, 6.45) is 5.92. The molecule has 168 valence electrons. The first-order chi connectivity index (χ1) is 14.3. The number of nitrogens with zero attached hydrogens (tertiary/aromatic N) is 3. The van der Waals surface area contributed by atoms with E-state index in [0.29, 0.717) is 11.6 Å². The summed E-state index contributed by atoms with van der Waals surface area (Å²) in [4.78, 5) is 39.5. The zero-order chi connectivity index (χ0) is 22.4. The van der Waals surface area contributed by atoms with Crippen LogP contribution in [0.5, 0.6) is 0 Å². The Bertz CT molecular complexity index is 693. The molecule has 1 heterocycles. The number of nitrogens with one attached hydrogen (secondary N) is 2. The maximum atomic E-state index is 11.6. The van der Waals surface area contributed by atoms with Gasteiger partial charge in [0.25, 0.3) is 0 Å². The largest absolute Gasteiger partial charge is 0.337 e. The first-order valence-electron chi connectivity index (χ1n) is 9.93. The predicted octanol–water partition coefficient (Wildman–Crippen LogP) is 3.50. The third-order valence-corrected chi connectivity index (χ3v) is 6.71. The van der Waals surface area contributed by atoms with Crippen LogP contribution in [0.25, 0.3) is 0 Å². The van der Waals surface area contributed by atoms with Crippen molar-refractivity contribution in [1.29, 1.82) is 0 Å². The quantitative estimate of drug-likeness (QED) is 0.178. The second-order valence-electron chi connectivity index (χ2n) is 6.94. The van der Waals surface area contributed by atoms with E-state index in [1.807, 2.05) is 7.05 Å². The van der Waals surface area contributed by atoms with Crippen LogP contribution in [0.3, 0.4) is 0 Å². The molecule has 0 radical (unpaired) electrons. The predicted molar refractivity (Wildman–Crippen MR) is 122 cm³/mol. The van der Waals surface area contributed by atoms with Crippen LogP contribution in [0.4, 0.5) is 10.5 Å². The van der Waals surface area contributed by atoms with E-state index in [1.54, 1.807) is 30.0 Å². The Balaban J connectivity index is 2.02. The highest BCUT2D eigenvalue weighted by Crippen LogP contribution is 2.35. The highest BCUT2D eigenvalue weighted by atomic mass is 33.1. The van der Waals surface area contributed by atoms with E-state index < -0.39 is 11.0 Å². The summed E-state index contributed by atoms with van der Waals surface area (Å²) in [5, 5.41) is 16.7. The van der Waals surface area contributed by atoms with Crippen molar-refractivity contribution in [2.75, 3.05) is 32.4 Å². The van der Waals surface area contributed by atoms with Gasteiger partial charge in [0.2, 0.25) is 0 Å². The molecule has 2 amide bonds. The molecule has 30 heavy (non-hydrogen) atoms. The number of aromatic nitrogens is 1. The number of hydrogen-bond donors (Lipinski definition) is 2. The van der Waals surface area contributed by atoms with E-state index in [-0.39, 0.29) is 17.5 Å². The number of unbranched alkanes of at least 4 members (excludes halogenated alkanes) is 3. The molecule has 0 unspecified atom stereocenters. The minimum atomic E-state index is -0.474. The number of Topliss-reactive ketones (excluding diaryl/α,β-unsaturated/α-hetero) is 1. The molecular formula is C19H31N5O4S2. The van der Waals surface area contributed by atoms with Gasteiger partial charge in [-0.2, -0.15) is 0 Å². The number of rotatable bonds is 15. The standard InChI is InChI=1S/C19H31N5O4S2/c1-15(16(2)25)22-19(26)21-11-13-23(3)12-6-4-5-7-14-29-30-18-17(24(27)28)9-8-10-20-18/h8-10,15H,4-7,11-14H2,1-3H3,(H2,21,22,26)/t15-/m1/s1. The number of pyridine rings is 1. The first-order valence-corrected chi connectivity index (χ1v) is 12.3. The molecule has 0 aliphatic carbocycles. The van der Waals surface area contributed by atoms with Crippen molar-refractivity contribution in [2.24, 2.45) is 0 Å². The van der Waals surface area contributed by atoms with Crippen LogP contribution in [0.2, 0.25) is 0 Å². The first kappa shape index (κ1) is 26.2. The van der Waals surface area contributed by atoms with E-state index in [4.69, 9.17) is 0 Å². The molecule has 0 saturated carbocycles. The maximum absolute atomic E-state index is 11.6. The Labute approximate surface area is 185 Å². The minimum absolute atomic E-state index is 0.0540. The number of amides is 2. The summed E-state index contributed by atoms with van der Waals surface area (Å²) in [5.74, 6) is 0.851. The molecule has 0 aliphatic rings. The lowest BCUT2D eigenvalue weighted by Crippen LogP contribution is -2.45. The number of urea groups is 1. The van der Waals surface area contributed by atoms with Crippen LogP contribution in [0.1, 0.15) is 39.5 Å². The average Bonchev–Trinajstić information content (AvgIpc) is 2.70. The molecule has 9 nitrogen and oxygen atoms in total. The fourth-order valence-electron chi connectivity index (χ4n) is 2.40. The lowest BCUT2D eigenvalue weighted by atomic mass is 10.2. The molecule has 2 N–H and O–H groups in total. The van der Waals surface area contributed by atoms with Gasteiger partial charge in [-0.25, -0.2) is 9.78 Å². The second kappa shape index (κ2) is 15.0. The highest BCUT2D eigenvalue weighted by molar-refractivity contribution is 8.76. The zero-order valence-electron chi connectivity index (χ0n) is 17.8. The number of nitro groups is 1. The van der Waals surface area contributed by atoms with Crippen LogP contribution in [-0.4, -0.2) is 65.1 Å². The Hall–Kier alpha value is -1.85. The summed E-state index contributed by atoms with van der Waals surface area (Å²) >= 11 is 0. The van der Waals surface area contributed by atoms with Gasteiger partial charge in [-0.15, -0.1) is 0 Å². The SMILES string of the molecule is CC(=O)[C@@H](C)NC(=O)NCCN(C)CCCCCCSSc1ncccc1[N+](=O)[O-]. The van der Waals surface area contributed by atoms with Crippen LogP contribution < -0.4 is 10.6 Å². The van der Waals surface area contributed by atoms with Crippen molar-refractivity contribution in [1.82, 2.24) is 20.5 Å². The molecule has 0 aromatic carbocycles. The van der Waals surface area contributed by atoms with Gasteiger partial charge in [0.15, 0.2) is 10.8 Å². The molecule has 0 aliphatic heterocycles. The van der Waals surface area contributed by atoms with Crippen LogP contribution in [0, 0.1) is 10.1 Å². The van der Waals surface area contributed by atoms with Gasteiger partial charge in [0, 0.05) is 31.1 Å². The summed E-state index contributed by atoms with van der Waals surface area (Å²) in [6, 6.07) is 2.25. The van der Waals surface area contributed by atoms with Crippen molar-refractivity contribution in [3.8, 4) is 0 Å². The maximum Gasteiger partial charge on any atom is 0.315 e. The van der Waals surface area contributed by atoms with Gasteiger partial charge >= 0.3 is 11.7 Å². The molecule has 1 aromatic heterocycles. The fourth-order valence-corrected chi connectivity index (χ4v) is 4.57. The van der Waals surface area contributed by atoms with Gasteiger partial charge in [-0.3, -0.25) is 14.9 Å². The van der Waals surface area contributed by atoms with E-state index in [1.165, 1.54) is 23.8 Å². The molecule has 0 spiro atoms. The van der Waals surface area contributed by atoms with Gasteiger partial charge in [0.05, 0.1) is 11.0 Å². The second-order valence-corrected chi connectivity index (χ2v) is 9.34. The number of likely N-dealkylation sites (N-methyl/N-ethyl adjacent to an activating group) is 1. The third-order valence-electron chi connectivity index (χ3n) is 4.34. The number of carbonyl (C=O) groups is 2. The Morgan fingerprint density at radius 3 is 2.70 bits per heavy atom. The summed E-state index contributed by atoms with van der Waals surface area (Å²) < 4.78 is 0. The smallest absolute Gasteiger partial charge is 0.315 e. The number of ketones is 1. The van der Waals surface area contributed by atoms with Gasteiger partial charge < -0.3 is 15.5 Å². The van der Waals surface area contributed by atoms with E-state index in [9.17, 15) is 19.7 Å². The monoisotopic (exact) mass is 457 g/mol. The van der Waals surface area contributed by atoms with E-state index in [0.717, 1.165) is 44.5 Å². The topological polar surface area (TPSA) is 117 Å². The van der Waals surface area contributed by atoms with Gasteiger partial charge in [-0.1, -0.05) is 23.6 Å². The van der Waals surface area contributed by atoms with E-state index >= 15 is 0 Å². The van der Waals surface area contributed by atoms with Crippen molar-refractivity contribution in [3.05, 3.63) is 28.4 Å². The molecule has 1 atom stereocenters. The molecular weight excluding hydrogens is 426 g/mol. The Morgan fingerprint density at radius 2 is 2.00 bits per heavy atom. The zero-order valence-corrected chi connectivity index (χ0v) is 19.4. The lowest BCUT2D eigenvalue weighted by Gasteiger charge is -2.17. The Morgan fingerprint density at radius 1 is 1.27 bits per heavy atom. The average molecular weight is 458 g/mol. The normalized spacial score (nSPS) is 11.9. The van der Waals surface area contributed by atoms with Gasteiger partial charge in [-0.05, 0) is 57.1 Å². The van der Waals surface area contributed by atoms with Crippen LogP contribution >= 0.6 is 21.6 Å². The summed E-state index contributed by atoms with van der Waals surface area (Å²) in [7, 11) is 4.97. The van der Waals surface area contributed by atoms with Crippen LogP contribution in [0.15, 0.2) is 23.4 Å². The fraction of sp³-hybridized carbons (Fsp3) is 0.632. The van der Waals surface area contributed by atoms with Crippen LogP contribution in [-0.2, 0) is 4.79 Å². The van der Waals surface area contributed by atoms with E-state index in [2.05, 4.69) is 20.5 Å². The molecule has 0 bridgehead atoms. The molecule has 1 aromatic rings. The molecule has 0 fully saturated rings.